The highest BCUT2D eigenvalue weighted by molar-refractivity contribution is 6.14. The average Bonchev–Trinajstić information content (AvgIpc) is 2.76. The maximum Gasteiger partial charge on any atom is 0.432 e. The first-order valence-electron chi connectivity index (χ1n) is 9.41. The molecule has 178 valence electrons. The highest BCUT2D eigenvalue weighted by Gasteiger charge is 2.72. The van der Waals surface area contributed by atoms with Crippen LogP contribution in [0.1, 0.15) is 23.6 Å². The molecular weight excluding hydrogens is 461 g/mol. The van der Waals surface area contributed by atoms with Crippen LogP contribution in [0.15, 0.2) is 42.7 Å². The zero-order valence-corrected chi connectivity index (χ0v) is 17.0. The Bertz CT molecular complexity index is 1050. The lowest BCUT2D eigenvalue weighted by atomic mass is 9.87. The molecule has 0 saturated carbocycles. The predicted octanol–water partition coefficient (Wildman–Crippen LogP) is 4.41. The molecule has 2 aromatic rings. The number of nitrogens with one attached hydrogen (secondary N) is 1. The first-order valence-corrected chi connectivity index (χ1v) is 9.41. The van der Waals surface area contributed by atoms with E-state index in [-0.39, 0.29) is 17.8 Å². The number of urea groups is 1. The van der Waals surface area contributed by atoms with E-state index in [2.05, 4.69) is 10.4 Å². The van der Waals surface area contributed by atoms with Crippen molar-refractivity contribution in [3.05, 3.63) is 59.4 Å². The third-order valence-electron chi connectivity index (χ3n) is 5.04. The van der Waals surface area contributed by atoms with E-state index in [9.17, 15) is 40.3 Å². The van der Waals surface area contributed by atoms with E-state index in [1.54, 1.807) is 12.1 Å². The SMILES string of the molecule is CC(=O)N1C(=O)N(NCc2cccnc2)Cc2cc(C(F)(C(F)(F)F)C(F)(F)CF)ccc21. The van der Waals surface area contributed by atoms with Gasteiger partial charge in [0.05, 0.1) is 12.2 Å². The van der Waals surface area contributed by atoms with Gasteiger partial charge >= 0.3 is 18.1 Å². The topological polar surface area (TPSA) is 65.5 Å². The Morgan fingerprint density at radius 3 is 2.39 bits per heavy atom. The number of hydrazine groups is 1. The molecule has 0 fully saturated rings. The Kier molecular flexibility index (Phi) is 6.37. The summed E-state index contributed by atoms with van der Waals surface area (Å²) in [5, 5.41) is 0.862. The Morgan fingerprint density at radius 2 is 1.85 bits per heavy atom. The quantitative estimate of drug-likeness (QED) is 0.625. The summed E-state index contributed by atoms with van der Waals surface area (Å²) in [4.78, 5) is 29.3. The number of aromatic nitrogens is 1. The third-order valence-corrected chi connectivity index (χ3v) is 5.04. The van der Waals surface area contributed by atoms with Crippen LogP contribution in [-0.2, 0) is 23.6 Å². The highest BCUT2D eigenvalue weighted by Crippen LogP contribution is 2.53. The van der Waals surface area contributed by atoms with Crippen LogP contribution in [0.2, 0.25) is 0 Å². The lowest BCUT2D eigenvalue weighted by Gasteiger charge is -2.38. The summed E-state index contributed by atoms with van der Waals surface area (Å²) in [6, 6.07) is 3.94. The van der Waals surface area contributed by atoms with Crippen molar-refractivity contribution in [1.82, 2.24) is 15.4 Å². The van der Waals surface area contributed by atoms with E-state index in [0.29, 0.717) is 22.6 Å². The van der Waals surface area contributed by atoms with E-state index in [1.807, 2.05) is 0 Å². The number of hydrogen-bond donors (Lipinski definition) is 1. The van der Waals surface area contributed by atoms with Crippen LogP contribution in [0.5, 0.6) is 0 Å². The van der Waals surface area contributed by atoms with Crippen molar-refractivity contribution in [3.8, 4) is 0 Å². The molecule has 0 spiro atoms. The summed E-state index contributed by atoms with van der Waals surface area (Å²) >= 11 is 0. The van der Waals surface area contributed by atoms with Gasteiger partial charge in [-0.2, -0.15) is 22.0 Å². The molecule has 1 aliphatic rings. The molecule has 1 N–H and O–H groups in total. The van der Waals surface area contributed by atoms with Gasteiger partial charge in [0.2, 0.25) is 5.91 Å². The van der Waals surface area contributed by atoms with Gasteiger partial charge in [0, 0.05) is 31.4 Å². The number of imide groups is 1. The summed E-state index contributed by atoms with van der Waals surface area (Å²) in [6.45, 7) is -2.35. The van der Waals surface area contributed by atoms with E-state index in [4.69, 9.17) is 0 Å². The molecule has 6 nitrogen and oxygen atoms in total. The zero-order valence-electron chi connectivity index (χ0n) is 17.0. The first-order chi connectivity index (χ1) is 15.3. The van der Waals surface area contributed by atoms with Crippen molar-refractivity contribution in [2.24, 2.45) is 0 Å². The Labute approximate surface area is 183 Å². The standard InChI is InChI=1S/C20H17F7N4O2/c1-12(32)31-16-5-4-15(19(24,20(25,26)27)18(22,23)11-21)7-14(16)10-30(17(31)33)29-9-13-3-2-6-28-8-13/h2-8,29H,9-11H2,1H3. The van der Waals surface area contributed by atoms with Gasteiger partial charge < -0.3 is 0 Å². The number of carbonyl (C=O) groups is 2. The van der Waals surface area contributed by atoms with Gasteiger partial charge in [-0.25, -0.2) is 23.9 Å². The maximum atomic E-state index is 14.9. The van der Waals surface area contributed by atoms with Gasteiger partial charge in [0.1, 0.15) is 0 Å². The summed E-state index contributed by atoms with van der Waals surface area (Å²) in [6.07, 6.45) is -3.18. The van der Waals surface area contributed by atoms with Gasteiger partial charge in [-0.15, -0.1) is 0 Å². The van der Waals surface area contributed by atoms with Crippen LogP contribution in [-0.4, -0.2) is 40.7 Å². The molecule has 0 radical (unpaired) electrons. The lowest BCUT2D eigenvalue weighted by molar-refractivity contribution is -0.312. The predicted molar refractivity (Wildman–Crippen MR) is 101 cm³/mol. The second-order valence-electron chi connectivity index (χ2n) is 7.26. The van der Waals surface area contributed by atoms with Crippen LogP contribution in [0.25, 0.3) is 0 Å². The zero-order chi connectivity index (χ0) is 24.6. The smallest absolute Gasteiger partial charge is 0.274 e. The fourth-order valence-corrected chi connectivity index (χ4v) is 3.40. The molecule has 0 saturated heterocycles. The van der Waals surface area contributed by atoms with Crippen molar-refractivity contribution in [2.45, 2.75) is 37.8 Å². The van der Waals surface area contributed by atoms with Gasteiger partial charge in [0.25, 0.3) is 5.67 Å². The molecule has 3 amide bonds. The Balaban J connectivity index is 2.04. The van der Waals surface area contributed by atoms with E-state index in [1.165, 1.54) is 12.4 Å². The second kappa shape index (κ2) is 8.61. The highest BCUT2D eigenvalue weighted by atomic mass is 19.4. The number of alkyl halides is 7. The monoisotopic (exact) mass is 478 g/mol. The van der Waals surface area contributed by atoms with Crippen LogP contribution >= 0.6 is 0 Å². The van der Waals surface area contributed by atoms with Crippen LogP contribution in [0, 0.1) is 0 Å². The van der Waals surface area contributed by atoms with E-state index < -0.39 is 48.5 Å². The lowest BCUT2D eigenvalue weighted by Crippen LogP contribution is -2.55. The Hall–Kier alpha value is -3.22. The minimum atomic E-state index is -6.15. The number of amides is 3. The van der Waals surface area contributed by atoms with Gasteiger partial charge in [-0.05, 0) is 29.3 Å². The number of carbonyl (C=O) groups excluding carboxylic acids is 2. The molecule has 0 aliphatic carbocycles. The second-order valence-corrected chi connectivity index (χ2v) is 7.26. The van der Waals surface area contributed by atoms with E-state index >= 15 is 0 Å². The summed E-state index contributed by atoms with van der Waals surface area (Å²) in [5.74, 6) is -6.24. The summed E-state index contributed by atoms with van der Waals surface area (Å²) < 4.78 is 95.5. The van der Waals surface area contributed by atoms with Crippen molar-refractivity contribution >= 4 is 17.6 Å². The minimum Gasteiger partial charge on any atom is -0.274 e. The summed E-state index contributed by atoms with van der Waals surface area (Å²) in [7, 11) is 0. The molecule has 1 aromatic carbocycles. The third kappa shape index (κ3) is 4.24. The molecule has 1 aromatic heterocycles. The molecule has 33 heavy (non-hydrogen) atoms. The van der Waals surface area contributed by atoms with Crippen LogP contribution in [0.4, 0.5) is 41.2 Å². The van der Waals surface area contributed by atoms with Crippen LogP contribution in [0.3, 0.4) is 0 Å². The van der Waals surface area contributed by atoms with E-state index in [0.717, 1.165) is 18.0 Å². The number of benzene rings is 1. The number of pyridine rings is 1. The normalized spacial score (nSPS) is 16.4. The molecule has 1 atom stereocenters. The minimum absolute atomic E-state index is 0.0237. The summed E-state index contributed by atoms with van der Waals surface area (Å²) in [5.41, 5.74) is -4.04. The van der Waals surface area contributed by atoms with Gasteiger partial charge in [-0.1, -0.05) is 12.1 Å². The molecule has 0 bridgehead atoms. The van der Waals surface area contributed by atoms with Crippen molar-refractivity contribution in [2.75, 3.05) is 11.6 Å². The number of hydrogen-bond acceptors (Lipinski definition) is 4. The molecular formula is C20H17F7N4O2. The number of halogens is 7. The fourth-order valence-electron chi connectivity index (χ4n) is 3.40. The van der Waals surface area contributed by atoms with Crippen LogP contribution < -0.4 is 10.3 Å². The van der Waals surface area contributed by atoms with Crippen molar-refractivity contribution in [3.63, 3.8) is 0 Å². The number of nitrogens with zero attached hydrogens (tertiary/aromatic N) is 3. The fraction of sp³-hybridized carbons (Fsp3) is 0.350. The van der Waals surface area contributed by atoms with Crippen molar-refractivity contribution < 1.29 is 40.3 Å². The molecule has 1 unspecified atom stereocenters. The molecule has 1 aliphatic heterocycles. The van der Waals surface area contributed by atoms with Crippen molar-refractivity contribution in [1.29, 1.82) is 0 Å². The maximum absolute atomic E-state index is 14.9. The molecule has 13 heteroatoms. The molecule has 2 heterocycles. The van der Waals surface area contributed by atoms with Gasteiger partial charge in [-0.3, -0.25) is 14.8 Å². The first kappa shape index (κ1) is 24.4. The number of anilines is 1. The van der Waals surface area contributed by atoms with Gasteiger partial charge in [0.15, 0.2) is 6.67 Å². The number of fused-ring (bicyclic) bond motifs is 1. The number of rotatable bonds is 6. The molecule has 3 rings (SSSR count). The average molecular weight is 478 g/mol. The Morgan fingerprint density at radius 1 is 1.15 bits per heavy atom. The largest absolute Gasteiger partial charge is 0.432 e.